The number of carbonyl (C=O) groups is 2. The smallest absolute Gasteiger partial charge is 0.331 e. The topological polar surface area (TPSA) is 111 Å². The molecule has 11 heteroatoms. The average Bonchev–Trinajstić information content (AvgIpc) is 2.85. The Hall–Kier alpha value is -4.00. The van der Waals surface area contributed by atoms with Gasteiger partial charge in [0.15, 0.2) is 6.29 Å². The minimum Gasteiger partial charge on any atom is -0.437 e. The lowest BCUT2D eigenvalue weighted by Gasteiger charge is -2.41. The fraction of sp³-hybridized carbons (Fsp3) is 0.167. The zero-order chi connectivity index (χ0) is 24.9. The van der Waals surface area contributed by atoms with Crippen molar-refractivity contribution in [1.82, 2.24) is 20.1 Å². The molecule has 3 aromatic rings. The maximum absolute atomic E-state index is 13.1. The molecular formula is C24H20Cl2N6O3. The van der Waals surface area contributed by atoms with Gasteiger partial charge in [-0.15, -0.1) is 0 Å². The lowest BCUT2D eigenvalue weighted by molar-refractivity contribution is 0.108. The summed E-state index contributed by atoms with van der Waals surface area (Å²) in [6.07, 6.45) is 0.577. The van der Waals surface area contributed by atoms with Crippen LogP contribution in [0.5, 0.6) is 11.6 Å². The predicted molar refractivity (Wildman–Crippen MR) is 131 cm³/mol. The number of carbonyl (C=O) groups excluding carboxylic acids is 2. The molecule has 1 aliphatic heterocycles. The lowest BCUT2D eigenvalue weighted by atomic mass is 10.2. The minimum atomic E-state index is -0.823. The SMILES string of the molecule is CCN1C(=O)NC(Nc2ccc(Oc3ccc(C#N)cn3)c(Cl)c2)N(Cc2ccc(Cl)cc2)C1=O. The van der Waals surface area contributed by atoms with E-state index >= 15 is 0 Å². The largest absolute Gasteiger partial charge is 0.437 e. The van der Waals surface area contributed by atoms with Gasteiger partial charge in [0.25, 0.3) is 0 Å². The van der Waals surface area contributed by atoms with Crippen LogP contribution in [0.4, 0.5) is 15.3 Å². The van der Waals surface area contributed by atoms with E-state index in [0.717, 1.165) is 10.5 Å². The fourth-order valence-electron chi connectivity index (χ4n) is 3.41. The van der Waals surface area contributed by atoms with E-state index in [-0.39, 0.29) is 24.0 Å². The fourth-order valence-corrected chi connectivity index (χ4v) is 3.76. The normalized spacial score (nSPS) is 15.4. The van der Waals surface area contributed by atoms with E-state index < -0.39 is 18.4 Å². The third-order valence-corrected chi connectivity index (χ3v) is 5.74. The maximum atomic E-state index is 13.1. The van der Waals surface area contributed by atoms with Crippen LogP contribution in [0.15, 0.2) is 60.8 Å². The lowest BCUT2D eigenvalue weighted by Crippen LogP contribution is -2.66. The Balaban J connectivity index is 1.53. The Labute approximate surface area is 211 Å². The van der Waals surface area contributed by atoms with Gasteiger partial charge >= 0.3 is 12.1 Å². The number of halogens is 2. The molecule has 2 N–H and O–H groups in total. The Morgan fingerprint density at radius 3 is 2.54 bits per heavy atom. The number of imide groups is 1. The number of hydrogen-bond donors (Lipinski definition) is 2. The Bertz CT molecular complexity index is 1280. The molecule has 1 fully saturated rings. The van der Waals surface area contributed by atoms with Gasteiger partial charge in [-0.2, -0.15) is 5.26 Å². The van der Waals surface area contributed by atoms with Crippen molar-refractivity contribution in [2.45, 2.75) is 19.8 Å². The number of anilines is 1. The molecule has 1 unspecified atom stereocenters. The van der Waals surface area contributed by atoms with Gasteiger partial charge in [-0.25, -0.2) is 19.5 Å². The molecule has 4 amide bonds. The third kappa shape index (κ3) is 5.57. The first-order chi connectivity index (χ1) is 16.9. The molecule has 2 heterocycles. The van der Waals surface area contributed by atoms with E-state index in [9.17, 15) is 9.59 Å². The number of nitrogens with zero attached hydrogens (tertiary/aromatic N) is 4. The molecule has 0 radical (unpaired) electrons. The number of urea groups is 2. The van der Waals surface area contributed by atoms with Crippen LogP contribution in [0.1, 0.15) is 18.1 Å². The number of nitrogens with one attached hydrogen (secondary N) is 2. The second-order valence-corrected chi connectivity index (χ2v) is 8.37. The summed E-state index contributed by atoms with van der Waals surface area (Å²) >= 11 is 12.4. The van der Waals surface area contributed by atoms with Crippen molar-refractivity contribution >= 4 is 41.0 Å². The summed E-state index contributed by atoms with van der Waals surface area (Å²) in [6.45, 7) is 2.20. The first kappa shape index (κ1) is 24.1. The molecular weight excluding hydrogens is 491 g/mol. The second-order valence-electron chi connectivity index (χ2n) is 7.52. The van der Waals surface area contributed by atoms with Crippen LogP contribution >= 0.6 is 23.2 Å². The van der Waals surface area contributed by atoms with Crippen LogP contribution in [-0.4, -0.2) is 39.7 Å². The summed E-state index contributed by atoms with van der Waals surface area (Å²) in [5.41, 5.74) is 1.81. The van der Waals surface area contributed by atoms with Crippen LogP contribution in [0.3, 0.4) is 0 Å². The van der Waals surface area contributed by atoms with E-state index in [4.69, 9.17) is 33.2 Å². The average molecular weight is 511 g/mol. The monoisotopic (exact) mass is 510 g/mol. The van der Waals surface area contributed by atoms with Crippen LogP contribution in [0.2, 0.25) is 10.0 Å². The highest BCUT2D eigenvalue weighted by Crippen LogP contribution is 2.31. The van der Waals surface area contributed by atoms with Crippen molar-refractivity contribution in [2.24, 2.45) is 0 Å². The molecule has 4 rings (SSSR count). The predicted octanol–water partition coefficient (Wildman–Crippen LogP) is 5.42. The number of ether oxygens (including phenoxy) is 1. The van der Waals surface area contributed by atoms with Crippen molar-refractivity contribution in [1.29, 1.82) is 5.26 Å². The van der Waals surface area contributed by atoms with Crippen LogP contribution in [0.25, 0.3) is 0 Å². The number of benzene rings is 2. The first-order valence-corrected chi connectivity index (χ1v) is 11.4. The van der Waals surface area contributed by atoms with Crippen LogP contribution in [0, 0.1) is 11.3 Å². The number of aromatic nitrogens is 1. The van der Waals surface area contributed by atoms with Gasteiger partial charge in [0.2, 0.25) is 5.88 Å². The molecule has 35 heavy (non-hydrogen) atoms. The number of pyridine rings is 1. The van der Waals surface area contributed by atoms with Crippen molar-refractivity contribution in [3.05, 3.63) is 82.0 Å². The molecule has 0 saturated carbocycles. The van der Waals surface area contributed by atoms with Gasteiger partial charge in [-0.1, -0.05) is 35.3 Å². The van der Waals surface area contributed by atoms with E-state index in [0.29, 0.717) is 22.0 Å². The Kier molecular flexibility index (Phi) is 7.25. The number of amides is 4. The molecule has 2 aromatic carbocycles. The highest BCUT2D eigenvalue weighted by atomic mass is 35.5. The summed E-state index contributed by atoms with van der Waals surface area (Å²) in [4.78, 5) is 32.2. The molecule has 0 spiro atoms. The van der Waals surface area contributed by atoms with Crippen molar-refractivity contribution in [3.63, 3.8) is 0 Å². The third-order valence-electron chi connectivity index (χ3n) is 5.19. The number of rotatable bonds is 7. The zero-order valence-electron chi connectivity index (χ0n) is 18.5. The van der Waals surface area contributed by atoms with Gasteiger partial charge in [0, 0.05) is 29.5 Å². The summed E-state index contributed by atoms with van der Waals surface area (Å²) in [6, 6.07) is 16.3. The molecule has 0 bridgehead atoms. The zero-order valence-corrected chi connectivity index (χ0v) is 20.0. The van der Waals surface area contributed by atoms with Crippen molar-refractivity contribution in [3.8, 4) is 17.7 Å². The van der Waals surface area contributed by atoms with Gasteiger partial charge in [-0.3, -0.25) is 10.2 Å². The van der Waals surface area contributed by atoms with Gasteiger partial charge in [0.1, 0.15) is 11.8 Å². The Morgan fingerprint density at radius 2 is 1.91 bits per heavy atom. The van der Waals surface area contributed by atoms with Gasteiger partial charge in [-0.05, 0) is 48.9 Å². The highest BCUT2D eigenvalue weighted by molar-refractivity contribution is 6.32. The van der Waals surface area contributed by atoms with Gasteiger partial charge < -0.3 is 10.1 Å². The molecule has 1 aliphatic rings. The summed E-state index contributed by atoms with van der Waals surface area (Å²) in [7, 11) is 0. The summed E-state index contributed by atoms with van der Waals surface area (Å²) in [5, 5.41) is 15.7. The van der Waals surface area contributed by atoms with E-state index in [2.05, 4.69) is 15.6 Å². The Morgan fingerprint density at radius 1 is 1.14 bits per heavy atom. The van der Waals surface area contributed by atoms with Crippen LogP contribution < -0.4 is 15.4 Å². The summed E-state index contributed by atoms with van der Waals surface area (Å²) in [5.74, 6) is 0.638. The van der Waals surface area contributed by atoms with E-state index in [1.165, 1.54) is 11.1 Å². The van der Waals surface area contributed by atoms with E-state index in [1.54, 1.807) is 49.4 Å². The molecule has 1 saturated heterocycles. The molecule has 1 atom stereocenters. The standard InChI is InChI=1S/C24H20Cl2N6O3/c1-2-31-23(33)30-22(32(24(31)34)14-15-3-6-17(25)7-4-15)29-18-8-9-20(19(26)11-18)35-21-10-5-16(12-27)13-28-21/h3-11,13,22,29H,2,14H2,1H3,(H,30,33). The number of hydrogen-bond acceptors (Lipinski definition) is 6. The second kappa shape index (κ2) is 10.5. The van der Waals surface area contributed by atoms with Crippen LogP contribution in [-0.2, 0) is 6.54 Å². The number of nitriles is 1. The van der Waals surface area contributed by atoms with Crippen molar-refractivity contribution < 1.29 is 14.3 Å². The highest BCUT2D eigenvalue weighted by Gasteiger charge is 2.37. The molecule has 9 nitrogen and oxygen atoms in total. The first-order valence-electron chi connectivity index (χ1n) is 10.6. The quantitative estimate of drug-likeness (QED) is 0.439. The maximum Gasteiger partial charge on any atom is 0.331 e. The van der Waals surface area contributed by atoms with Crippen molar-refractivity contribution in [2.75, 3.05) is 11.9 Å². The molecule has 1 aromatic heterocycles. The summed E-state index contributed by atoms with van der Waals surface area (Å²) < 4.78 is 5.69. The van der Waals surface area contributed by atoms with Gasteiger partial charge in [0.05, 0.1) is 17.1 Å². The minimum absolute atomic E-state index is 0.232. The molecule has 178 valence electrons. The van der Waals surface area contributed by atoms with E-state index in [1.807, 2.05) is 18.2 Å². The molecule has 0 aliphatic carbocycles.